The first-order chi connectivity index (χ1) is 9.78. The second-order valence-corrected chi connectivity index (χ2v) is 6.21. The predicted octanol–water partition coefficient (Wildman–Crippen LogP) is 0.606. The van der Waals surface area contributed by atoms with E-state index in [0.717, 1.165) is 6.26 Å². The summed E-state index contributed by atoms with van der Waals surface area (Å²) in [4.78, 5) is 13.3. The molecule has 0 aliphatic heterocycles. The van der Waals surface area contributed by atoms with E-state index in [2.05, 4.69) is 4.72 Å². The number of rotatable bonds is 7. The van der Waals surface area contributed by atoms with E-state index >= 15 is 0 Å². The third-order valence-electron chi connectivity index (χ3n) is 2.76. The van der Waals surface area contributed by atoms with Gasteiger partial charge in [-0.3, -0.25) is 4.79 Å². The number of benzene rings is 1. The fourth-order valence-corrected chi connectivity index (χ4v) is 2.26. The van der Waals surface area contributed by atoms with Crippen LogP contribution < -0.4 is 19.1 Å². The predicted molar refractivity (Wildman–Crippen MR) is 80.4 cm³/mol. The van der Waals surface area contributed by atoms with Crippen molar-refractivity contribution < 1.29 is 22.7 Å². The van der Waals surface area contributed by atoms with Crippen molar-refractivity contribution in [2.45, 2.75) is 6.92 Å². The van der Waals surface area contributed by atoms with Crippen molar-refractivity contribution in [1.29, 1.82) is 0 Å². The molecule has 1 aromatic carbocycles. The maximum Gasteiger partial charge on any atom is 0.224 e. The molecule has 0 bridgehead atoms. The van der Waals surface area contributed by atoms with Crippen LogP contribution in [-0.4, -0.2) is 47.9 Å². The van der Waals surface area contributed by atoms with Crippen LogP contribution in [0.4, 0.5) is 5.69 Å². The molecule has 0 fully saturated rings. The molecule has 118 valence electrons. The molecule has 0 aromatic heterocycles. The molecule has 0 aliphatic rings. The Bertz CT molecular complexity index is 601. The van der Waals surface area contributed by atoms with E-state index < -0.39 is 10.0 Å². The Hall–Kier alpha value is -1.80. The number of nitrogens with one attached hydrogen (secondary N) is 1. The Morgan fingerprint density at radius 2 is 1.95 bits per heavy atom. The second-order valence-electron chi connectivity index (χ2n) is 4.37. The van der Waals surface area contributed by atoms with Gasteiger partial charge in [-0.15, -0.1) is 0 Å². The van der Waals surface area contributed by atoms with Crippen LogP contribution in [0.1, 0.15) is 6.92 Å². The van der Waals surface area contributed by atoms with Crippen LogP contribution in [0, 0.1) is 0 Å². The molecule has 1 amide bonds. The molecule has 0 saturated heterocycles. The summed E-state index contributed by atoms with van der Waals surface area (Å²) in [6.07, 6.45) is 1.07. The number of carbonyl (C=O) groups is 1. The standard InChI is InChI=1S/C13H20N2O5S/c1-10(16)15(8-7-14-21(4,17)18)12-9-11(19-2)5-6-13(12)20-3/h5-6,9,14H,7-8H2,1-4H3. The Labute approximate surface area is 124 Å². The molecule has 1 N–H and O–H groups in total. The average molecular weight is 316 g/mol. The van der Waals surface area contributed by atoms with Gasteiger partial charge in [-0.25, -0.2) is 13.1 Å². The number of amides is 1. The van der Waals surface area contributed by atoms with Gasteiger partial charge in [0.25, 0.3) is 0 Å². The number of carbonyl (C=O) groups excluding carboxylic acids is 1. The van der Waals surface area contributed by atoms with Gasteiger partial charge >= 0.3 is 0 Å². The minimum absolute atomic E-state index is 0.110. The molecule has 21 heavy (non-hydrogen) atoms. The quantitative estimate of drug-likeness (QED) is 0.796. The van der Waals surface area contributed by atoms with Crippen LogP contribution in [0.2, 0.25) is 0 Å². The van der Waals surface area contributed by atoms with Crippen LogP contribution in [-0.2, 0) is 14.8 Å². The molecular weight excluding hydrogens is 296 g/mol. The summed E-state index contributed by atoms with van der Waals surface area (Å²) in [6.45, 7) is 1.70. The van der Waals surface area contributed by atoms with Gasteiger partial charge in [0.1, 0.15) is 11.5 Å². The van der Waals surface area contributed by atoms with Crippen LogP contribution >= 0.6 is 0 Å². The fraction of sp³-hybridized carbons (Fsp3) is 0.462. The lowest BCUT2D eigenvalue weighted by molar-refractivity contribution is -0.116. The van der Waals surface area contributed by atoms with E-state index in [4.69, 9.17) is 9.47 Å². The lowest BCUT2D eigenvalue weighted by Gasteiger charge is -2.23. The van der Waals surface area contributed by atoms with Crippen molar-refractivity contribution in [2.75, 3.05) is 38.5 Å². The van der Waals surface area contributed by atoms with Crippen LogP contribution in [0.3, 0.4) is 0 Å². The van der Waals surface area contributed by atoms with E-state index in [1.54, 1.807) is 18.2 Å². The third-order valence-corrected chi connectivity index (χ3v) is 3.49. The SMILES string of the molecule is COc1ccc(OC)c(N(CCNS(C)(=O)=O)C(C)=O)c1. The number of nitrogens with zero attached hydrogens (tertiary/aromatic N) is 1. The lowest BCUT2D eigenvalue weighted by Crippen LogP contribution is -2.37. The second kappa shape index (κ2) is 7.28. The Kier molecular flexibility index (Phi) is 5.98. The molecular formula is C13H20N2O5S. The Morgan fingerprint density at radius 3 is 2.43 bits per heavy atom. The molecule has 0 heterocycles. The maximum atomic E-state index is 11.8. The summed E-state index contributed by atoms with van der Waals surface area (Å²) < 4.78 is 34.9. The van der Waals surface area contributed by atoms with Crippen molar-refractivity contribution in [2.24, 2.45) is 0 Å². The highest BCUT2D eigenvalue weighted by atomic mass is 32.2. The van der Waals surface area contributed by atoms with Gasteiger partial charge in [-0.1, -0.05) is 0 Å². The molecule has 0 spiro atoms. The van der Waals surface area contributed by atoms with Crippen molar-refractivity contribution >= 4 is 21.6 Å². The molecule has 0 atom stereocenters. The highest BCUT2D eigenvalue weighted by Crippen LogP contribution is 2.32. The van der Waals surface area contributed by atoms with Gasteiger partial charge < -0.3 is 14.4 Å². The van der Waals surface area contributed by atoms with Gasteiger partial charge in [0, 0.05) is 26.1 Å². The van der Waals surface area contributed by atoms with Gasteiger partial charge in [0.05, 0.1) is 26.2 Å². The van der Waals surface area contributed by atoms with Gasteiger partial charge in [-0.2, -0.15) is 0 Å². The number of hydrogen-bond acceptors (Lipinski definition) is 5. The van der Waals surface area contributed by atoms with Gasteiger partial charge in [0.2, 0.25) is 15.9 Å². The van der Waals surface area contributed by atoms with E-state index in [9.17, 15) is 13.2 Å². The molecule has 0 radical (unpaired) electrons. The summed E-state index contributed by atoms with van der Waals surface area (Å²) >= 11 is 0. The maximum absolute atomic E-state index is 11.8. The normalized spacial score (nSPS) is 11.0. The lowest BCUT2D eigenvalue weighted by atomic mass is 10.2. The van der Waals surface area contributed by atoms with Gasteiger partial charge in [0.15, 0.2) is 0 Å². The van der Waals surface area contributed by atoms with E-state index in [0.29, 0.717) is 17.2 Å². The fourth-order valence-electron chi connectivity index (χ4n) is 1.80. The summed E-state index contributed by atoms with van der Waals surface area (Å²) in [5.41, 5.74) is 0.527. The highest BCUT2D eigenvalue weighted by molar-refractivity contribution is 7.88. The number of sulfonamides is 1. The number of anilines is 1. The Balaban J connectivity index is 3.02. The van der Waals surface area contributed by atoms with Crippen LogP contribution in [0.5, 0.6) is 11.5 Å². The number of hydrogen-bond donors (Lipinski definition) is 1. The zero-order valence-corrected chi connectivity index (χ0v) is 13.4. The van der Waals surface area contributed by atoms with Crippen molar-refractivity contribution in [3.63, 3.8) is 0 Å². The first kappa shape index (κ1) is 17.3. The zero-order valence-electron chi connectivity index (χ0n) is 12.5. The average Bonchev–Trinajstić information content (AvgIpc) is 2.41. The van der Waals surface area contributed by atoms with Crippen molar-refractivity contribution in [3.8, 4) is 11.5 Å². The van der Waals surface area contributed by atoms with Crippen LogP contribution in [0.15, 0.2) is 18.2 Å². The summed E-state index contributed by atoms with van der Waals surface area (Å²) in [7, 11) is -0.279. The molecule has 8 heteroatoms. The molecule has 0 aliphatic carbocycles. The first-order valence-electron chi connectivity index (χ1n) is 6.23. The van der Waals surface area contributed by atoms with E-state index in [1.165, 1.54) is 26.0 Å². The number of methoxy groups -OCH3 is 2. The summed E-state index contributed by atoms with van der Waals surface area (Å²) in [6, 6.07) is 5.07. The smallest absolute Gasteiger partial charge is 0.224 e. The monoisotopic (exact) mass is 316 g/mol. The summed E-state index contributed by atoms with van der Waals surface area (Å²) in [5.74, 6) is 0.857. The number of ether oxygens (including phenoxy) is 2. The molecule has 0 saturated carbocycles. The van der Waals surface area contributed by atoms with Gasteiger partial charge in [-0.05, 0) is 12.1 Å². The molecule has 1 aromatic rings. The third kappa shape index (κ3) is 5.24. The largest absolute Gasteiger partial charge is 0.497 e. The Morgan fingerprint density at radius 1 is 1.29 bits per heavy atom. The van der Waals surface area contributed by atoms with Crippen molar-refractivity contribution in [1.82, 2.24) is 4.72 Å². The minimum Gasteiger partial charge on any atom is -0.497 e. The van der Waals surface area contributed by atoms with Crippen molar-refractivity contribution in [3.05, 3.63) is 18.2 Å². The highest BCUT2D eigenvalue weighted by Gasteiger charge is 2.17. The van der Waals surface area contributed by atoms with E-state index in [-0.39, 0.29) is 19.0 Å². The summed E-state index contributed by atoms with van der Waals surface area (Å²) in [5, 5.41) is 0. The minimum atomic E-state index is -3.30. The first-order valence-corrected chi connectivity index (χ1v) is 8.12. The van der Waals surface area contributed by atoms with Crippen LogP contribution in [0.25, 0.3) is 0 Å². The topological polar surface area (TPSA) is 84.9 Å². The molecule has 1 rings (SSSR count). The zero-order chi connectivity index (χ0) is 16.0. The molecule has 7 nitrogen and oxygen atoms in total. The van der Waals surface area contributed by atoms with E-state index in [1.807, 2.05) is 0 Å². The molecule has 0 unspecified atom stereocenters.